The summed E-state index contributed by atoms with van der Waals surface area (Å²) in [5, 5.41) is 9.60. The second-order valence-corrected chi connectivity index (χ2v) is 5.40. The van der Waals surface area contributed by atoms with E-state index in [-0.39, 0.29) is 18.1 Å². The number of ether oxygens (including phenoxy) is 1. The molecule has 0 spiro atoms. The van der Waals surface area contributed by atoms with Crippen molar-refractivity contribution < 1.29 is 14.6 Å². The highest BCUT2D eigenvalue weighted by Crippen LogP contribution is 2.22. The van der Waals surface area contributed by atoms with Crippen LogP contribution in [0.4, 0.5) is 0 Å². The van der Waals surface area contributed by atoms with E-state index in [1.807, 2.05) is 18.7 Å². The molecule has 3 unspecified atom stereocenters. The maximum atomic E-state index is 12.3. The number of hydrogen-bond acceptors (Lipinski definition) is 4. The molecule has 0 aromatic heterocycles. The highest BCUT2D eigenvalue weighted by Gasteiger charge is 2.33. The van der Waals surface area contributed by atoms with Gasteiger partial charge in [0.1, 0.15) is 0 Å². The molecule has 2 rings (SSSR count). The third kappa shape index (κ3) is 3.02. The summed E-state index contributed by atoms with van der Waals surface area (Å²) in [6.07, 6.45) is 0.707. The maximum absolute atomic E-state index is 12.3. The third-order valence-corrected chi connectivity index (χ3v) is 4.17. The predicted molar refractivity (Wildman–Crippen MR) is 68.2 cm³/mol. The third-order valence-electron chi connectivity index (χ3n) is 4.17. The van der Waals surface area contributed by atoms with E-state index in [4.69, 9.17) is 4.74 Å². The van der Waals surface area contributed by atoms with Crippen molar-refractivity contribution in [2.24, 2.45) is 5.92 Å². The van der Waals surface area contributed by atoms with Crippen LogP contribution in [0.2, 0.25) is 0 Å². The fourth-order valence-corrected chi connectivity index (χ4v) is 2.77. The van der Waals surface area contributed by atoms with Gasteiger partial charge in [-0.25, -0.2) is 0 Å². The summed E-state index contributed by atoms with van der Waals surface area (Å²) in [5.74, 6) is 0.509. The lowest BCUT2D eigenvalue weighted by Gasteiger charge is -2.32. The average Bonchev–Trinajstić information content (AvgIpc) is 2.88. The Labute approximate surface area is 109 Å². The number of rotatable bonds is 3. The van der Waals surface area contributed by atoms with Crippen LogP contribution in [0.15, 0.2) is 0 Å². The van der Waals surface area contributed by atoms with Crippen molar-refractivity contribution in [2.45, 2.75) is 32.4 Å². The molecular formula is C13H24N2O3. The monoisotopic (exact) mass is 256 g/mol. The number of morpholine rings is 1. The lowest BCUT2D eigenvalue weighted by atomic mass is 10.0. The van der Waals surface area contributed by atoms with Gasteiger partial charge in [0.2, 0.25) is 5.91 Å². The van der Waals surface area contributed by atoms with Crippen LogP contribution >= 0.6 is 0 Å². The van der Waals surface area contributed by atoms with Crippen LogP contribution in [0, 0.1) is 5.92 Å². The Morgan fingerprint density at radius 2 is 1.94 bits per heavy atom. The van der Waals surface area contributed by atoms with Gasteiger partial charge in [0.15, 0.2) is 0 Å². The summed E-state index contributed by atoms with van der Waals surface area (Å²) in [7, 11) is 0. The van der Waals surface area contributed by atoms with Crippen LogP contribution in [-0.4, -0.2) is 72.4 Å². The normalized spacial score (nSPS) is 29.3. The molecule has 0 aromatic rings. The van der Waals surface area contributed by atoms with Crippen LogP contribution in [0.3, 0.4) is 0 Å². The zero-order chi connectivity index (χ0) is 13.1. The first-order valence-electron chi connectivity index (χ1n) is 6.88. The van der Waals surface area contributed by atoms with Crippen molar-refractivity contribution in [3.63, 3.8) is 0 Å². The van der Waals surface area contributed by atoms with Crippen molar-refractivity contribution in [1.82, 2.24) is 9.80 Å². The van der Waals surface area contributed by atoms with Gasteiger partial charge >= 0.3 is 0 Å². The number of aliphatic hydroxyl groups is 1. The van der Waals surface area contributed by atoms with Crippen molar-refractivity contribution in [1.29, 1.82) is 0 Å². The van der Waals surface area contributed by atoms with Crippen molar-refractivity contribution in [2.75, 3.05) is 39.4 Å². The summed E-state index contributed by atoms with van der Waals surface area (Å²) >= 11 is 0. The van der Waals surface area contributed by atoms with Gasteiger partial charge < -0.3 is 14.7 Å². The molecule has 2 aliphatic heterocycles. The second kappa shape index (κ2) is 5.99. The molecule has 2 fully saturated rings. The fraction of sp³-hybridized carbons (Fsp3) is 0.923. The zero-order valence-electron chi connectivity index (χ0n) is 11.3. The average molecular weight is 256 g/mol. The number of likely N-dealkylation sites (tertiary alicyclic amines) is 1. The SMILES string of the molecule is CC(O)C1CCN(C(C)C(=O)N2CCOCC2)C1. The van der Waals surface area contributed by atoms with E-state index in [0.717, 1.165) is 19.5 Å². The van der Waals surface area contributed by atoms with Gasteiger partial charge in [-0.1, -0.05) is 0 Å². The minimum atomic E-state index is -0.277. The molecule has 2 aliphatic rings. The lowest BCUT2D eigenvalue weighted by Crippen LogP contribution is -2.50. The number of aliphatic hydroxyl groups excluding tert-OH is 1. The molecule has 1 amide bonds. The number of hydrogen-bond donors (Lipinski definition) is 1. The fourth-order valence-electron chi connectivity index (χ4n) is 2.77. The summed E-state index contributed by atoms with van der Waals surface area (Å²) in [6.45, 7) is 8.25. The van der Waals surface area contributed by atoms with E-state index in [1.54, 1.807) is 0 Å². The topological polar surface area (TPSA) is 53.0 Å². The molecule has 0 radical (unpaired) electrons. The zero-order valence-corrected chi connectivity index (χ0v) is 11.3. The molecule has 104 valence electrons. The number of carbonyl (C=O) groups excluding carboxylic acids is 1. The van der Waals surface area contributed by atoms with E-state index >= 15 is 0 Å². The standard InChI is InChI=1S/C13H24N2O3/c1-10(13(17)14-5-7-18-8-6-14)15-4-3-12(9-15)11(2)16/h10-12,16H,3-9H2,1-2H3. The van der Waals surface area contributed by atoms with E-state index in [0.29, 0.717) is 32.2 Å². The first-order valence-corrected chi connectivity index (χ1v) is 6.88. The van der Waals surface area contributed by atoms with E-state index in [1.165, 1.54) is 0 Å². The smallest absolute Gasteiger partial charge is 0.239 e. The Morgan fingerprint density at radius 3 is 2.50 bits per heavy atom. The summed E-state index contributed by atoms with van der Waals surface area (Å²) < 4.78 is 5.26. The number of amides is 1. The highest BCUT2D eigenvalue weighted by molar-refractivity contribution is 5.81. The first kappa shape index (κ1) is 13.8. The molecule has 0 aliphatic carbocycles. The van der Waals surface area contributed by atoms with Crippen LogP contribution in [0.1, 0.15) is 20.3 Å². The molecular weight excluding hydrogens is 232 g/mol. The molecule has 0 aromatic carbocycles. The maximum Gasteiger partial charge on any atom is 0.239 e. The van der Waals surface area contributed by atoms with E-state index < -0.39 is 0 Å². The summed E-state index contributed by atoms with van der Waals surface area (Å²) in [4.78, 5) is 16.4. The Kier molecular flexibility index (Phi) is 4.59. The first-order chi connectivity index (χ1) is 8.59. The van der Waals surface area contributed by atoms with E-state index in [9.17, 15) is 9.90 Å². The summed E-state index contributed by atoms with van der Waals surface area (Å²) in [6, 6.07) is -0.0770. The van der Waals surface area contributed by atoms with Gasteiger partial charge in [0.05, 0.1) is 25.4 Å². The van der Waals surface area contributed by atoms with Crippen LogP contribution in [0.5, 0.6) is 0 Å². The van der Waals surface area contributed by atoms with Gasteiger partial charge in [-0.2, -0.15) is 0 Å². The lowest BCUT2D eigenvalue weighted by molar-refractivity contribution is -0.140. The Hall–Kier alpha value is -0.650. The molecule has 3 atom stereocenters. The van der Waals surface area contributed by atoms with Crippen molar-refractivity contribution >= 4 is 5.91 Å². The molecule has 18 heavy (non-hydrogen) atoms. The van der Waals surface area contributed by atoms with Gasteiger partial charge in [0.25, 0.3) is 0 Å². The molecule has 5 heteroatoms. The highest BCUT2D eigenvalue weighted by atomic mass is 16.5. The van der Waals surface area contributed by atoms with Gasteiger partial charge in [-0.3, -0.25) is 9.69 Å². The van der Waals surface area contributed by atoms with Crippen LogP contribution in [0.25, 0.3) is 0 Å². The van der Waals surface area contributed by atoms with Crippen LogP contribution < -0.4 is 0 Å². The quantitative estimate of drug-likeness (QED) is 0.768. The molecule has 2 saturated heterocycles. The Bertz CT molecular complexity index is 290. The van der Waals surface area contributed by atoms with Gasteiger partial charge in [-0.15, -0.1) is 0 Å². The molecule has 5 nitrogen and oxygen atoms in total. The largest absolute Gasteiger partial charge is 0.393 e. The molecule has 1 N–H and O–H groups in total. The number of nitrogens with zero attached hydrogens (tertiary/aromatic N) is 2. The van der Waals surface area contributed by atoms with Gasteiger partial charge in [-0.05, 0) is 32.7 Å². The Morgan fingerprint density at radius 1 is 1.28 bits per heavy atom. The molecule has 2 heterocycles. The van der Waals surface area contributed by atoms with Crippen molar-refractivity contribution in [3.05, 3.63) is 0 Å². The molecule has 0 saturated carbocycles. The number of carbonyl (C=O) groups is 1. The van der Waals surface area contributed by atoms with E-state index in [2.05, 4.69) is 4.90 Å². The minimum absolute atomic E-state index is 0.0770. The summed E-state index contributed by atoms with van der Waals surface area (Å²) in [5.41, 5.74) is 0. The van der Waals surface area contributed by atoms with Crippen LogP contribution in [-0.2, 0) is 9.53 Å². The van der Waals surface area contributed by atoms with Gasteiger partial charge in [0, 0.05) is 19.6 Å². The minimum Gasteiger partial charge on any atom is -0.393 e. The molecule has 0 bridgehead atoms. The second-order valence-electron chi connectivity index (χ2n) is 5.40. The predicted octanol–water partition coefficient (Wildman–Crippen LogP) is -0.0636. The van der Waals surface area contributed by atoms with Crippen molar-refractivity contribution in [3.8, 4) is 0 Å². The Balaban J connectivity index is 1.87.